The standard InChI is InChI=1S/C8H14N4/c1-12-7-2-3-8(12)5-6(4-7)10-11-9/h6-8H,2-5H2,1H3. The van der Waals surface area contributed by atoms with Crippen molar-refractivity contribution in [2.75, 3.05) is 7.05 Å². The number of rotatable bonds is 1. The van der Waals surface area contributed by atoms with Gasteiger partial charge >= 0.3 is 0 Å². The molecule has 2 rings (SSSR count). The van der Waals surface area contributed by atoms with E-state index >= 15 is 0 Å². The quantitative estimate of drug-likeness (QED) is 0.333. The molecule has 0 N–H and O–H groups in total. The summed E-state index contributed by atoms with van der Waals surface area (Å²) in [5.74, 6) is 0. The first-order chi connectivity index (χ1) is 5.81. The second kappa shape index (κ2) is 2.96. The third kappa shape index (κ3) is 1.17. The highest BCUT2D eigenvalue weighted by atomic mass is 15.2. The van der Waals surface area contributed by atoms with Crippen molar-refractivity contribution in [3.63, 3.8) is 0 Å². The molecule has 2 bridgehead atoms. The molecule has 0 aromatic heterocycles. The third-order valence-corrected chi connectivity index (χ3v) is 3.29. The minimum Gasteiger partial charge on any atom is -0.300 e. The van der Waals surface area contributed by atoms with Gasteiger partial charge in [-0.1, -0.05) is 5.11 Å². The highest BCUT2D eigenvalue weighted by Gasteiger charge is 2.37. The van der Waals surface area contributed by atoms with Crippen LogP contribution in [0.1, 0.15) is 25.7 Å². The van der Waals surface area contributed by atoms with Gasteiger partial charge in [0.15, 0.2) is 0 Å². The summed E-state index contributed by atoms with van der Waals surface area (Å²) in [5, 5.41) is 3.81. The first kappa shape index (κ1) is 7.90. The van der Waals surface area contributed by atoms with E-state index < -0.39 is 0 Å². The van der Waals surface area contributed by atoms with Crippen molar-refractivity contribution >= 4 is 0 Å². The molecule has 0 radical (unpaired) electrons. The normalized spacial score (nSPS) is 40.9. The molecule has 2 atom stereocenters. The van der Waals surface area contributed by atoms with Gasteiger partial charge in [0, 0.05) is 23.0 Å². The fourth-order valence-corrected chi connectivity index (χ4v) is 2.55. The van der Waals surface area contributed by atoms with Gasteiger partial charge < -0.3 is 4.90 Å². The lowest BCUT2D eigenvalue weighted by Gasteiger charge is -2.34. The maximum Gasteiger partial charge on any atom is 0.0403 e. The molecule has 2 unspecified atom stereocenters. The first-order valence-corrected chi connectivity index (χ1v) is 4.57. The number of nitrogens with zero attached hydrogens (tertiary/aromatic N) is 4. The zero-order valence-corrected chi connectivity index (χ0v) is 7.35. The van der Waals surface area contributed by atoms with Gasteiger partial charge in [0.2, 0.25) is 0 Å². The molecule has 66 valence electrons. The topological polar surface area (TPSA) is 52.0 Å². The van der Waals surface area contributed by atoms with Crippen LogP contribution in [-0.2, 0) is 0 Å². The number of azide groups is 1. The minimum absolute atomic E-state index is 0.267. The van der Waals surface area contributed by atoms with Gasteiger partial charge in [-0.3, -0.25) is 0 Å². The Bertz CT molecular complexity index is 207. The van der Waals surface area contributed by atoms with E-state index in [0.717, 1.165) is 12.8 Å². The Hall–Kier alpha value is -0.730. The molecular formula is C8H14N4. The van der Waals surface area contributed by atoms with E-state index in [9.17, 15) is 0 Å². The second-order valence-corrected chi connectivity index (χ2v) is 3.88. The van der Waals surface area contributed by atoms with Crippen molar-refractivity contribution in [2.24, 2.45) is 5.11 Å². The molecule has 0 amide bonds. The van der Waals surface area contributed by atoms with Crippen LogP contribution in [0.25, 0.3) is 10.4 Å². The van der Waals surface area contributed by atoms with Crippen LogP contribution in [-0.4, -0.2) is 30.1 Å². The summed E-state index contributed by atoms with van der Waals surface area (Å²) in [7, 11) is 2.19. The van der Waals surface area contributed by atoms with E-state index in [1.807, 2.05) is 0 Å². The summed E-state index contributed by atoms with van der Waals surface area (Å²) < 4.78 is 0. The monoisotopic (exact) mass is 166 g/mol. The van der Waals surface area contributed by atoms with Crippen molar-refractivity contribution in [3.8, 4) is 0 Å². The van der Waals surface area contributed by atoms with Crippen molar-refractivity contribution < 1.29 is 0 Å². The Morgan fingerprint density at radius 3 is 2.42 bits per heavy atom. The van der Waals surface area contributed by atoms with E-state index in [4.69, 9.17) is 5.53 Å². The zero-order chi connectivity index (χ0) is 8.55. The molecule has 0 aliphatic carbocycles. The van der Waals surface area contributed by atoms with E-state index in [1.54, 1.807) is 0 Å². The Morgan fingerprint density at radius 2 is 1.92 bits per heavy atom. The van der Waals surface area contributed by atoms with E-state index in [0.29, 0.717) is 12.1 Å². The molecule has 0 saturated carbocycles. The van der Waals surface area contributed by atoms with Crippen LogP contribution in [0.2, 0.25) is 0 Å². The highest BCUT2D eigenvalue weighted by Crippen LogP contribution is 2.35. The molecule has 4 nitrogen and oxygen atoms in total. The van der Waals surface area contributed by atoms with Gasteiger partial charge in [0.1, 0.15) is 0 Å². The predicted octanol–water partition coefficient (Wildman–Crippen LogP) is 1.92. The number of piperidine rings is 1. The van der Waals surface area contributed by atoms with E-state index in [-0.39, 0.29) is 6.04 Å². The summed E-state index contributed by atoms with van der Waals surface area (Å²) in [6, 6.07) is 1.63. The SMILES string of the molecule is CN1C2CCC1CC(N=[N+]=[N-])C2. The van der Waals surface area contributed by atoms with Crippen LogP contribution in [0.3, 0.4) is 0 Å². The average Bonchev–Trinajstić information content (AvgIpc) is 2.33. The Labute approximate surface area is 72.2 Å². The van der Waals surface area contributed by atoms with Gasteiger partial charge in [0.25, 0.3) is 0 Å². The molecule has 0 spiro atoms. The maximum absolute atomic E-state index is 8.32. The predicted molar refractivity (Wildman–Crippen MR) is 46.7 cm³/mol. The zero-order valence-electron chi connectivity index (χ0n) is 7.35. The van der Waals surface area contributed by atoms with Crippen LogP contribution in [0.4, 0.5) is 0 Å². The van der Waals surface area contributed by atoms with Crippen LogP contribution >= 0.6 is 0 Å². The van der Waals surface area contributed by atoms with Crippen LogP contribution in [0.5, 0.6) is 0 Å². The summed E-state index contributed by atoms with van der Waals surface area (Å²) in [5.41, 5.74) is 8.32. The number of hydrogen-bond acceptors (Lipinski definition) is 2. The summed E-state index contributed by atoms with van der Waals surface area (Å²) in [4.78, 5) is 5.34. The molecule has 2 heterocycles. The highest BCUT2D eigenvalue weighted by molar-refractivity contribution is 4.95. The minimum atomic E-state index is 0.267. The number of hydrogen-bond donors (Lipinski definition) is 0. The largest absolute Gasteiger partial charge is 0.300 e. The van der Waals surface area contributed by atoms with Gasteiger partial charge in [-0.2, -0.15) is 0 Å². The van der Waals surface area contributed by atoms with E-state index in [1.165, 1.54) is 12.8 Å². The molecular weight excluding hydrogens is 152 g/mol. The number of fused-ring (bicyclic) bond motifs is 2. The van der Waals surface area contributed by atoms with Crippen molar-refractivity contribution in [1.29, 1.82) is 0 Å². The Morgan fingerprint density at radius 1 is 1.33 bits per heavy atom. The average molecular weight is 166 g/mol. The molecule has 12 heavy (non-hydrogen) atoms. The molecule has 2 aliphatic heterocycles. The second-order valence-electron chi connectivity index (χ2n) is 3.88. The lowest BCUT2D eigenvalue weighted by Crippen LogP contribution is -2.41. The molecule has 4 heteroatoms. The molecule has 0 aromatic carbocycles. The fourth-order valence-electron chi connectivity index (χ4n) is 2.55. The third-order valence-electron chi connectivity index (χ3n) is 3.29. The van der Waals surface area contributed by atoms with Gasteiger partial charge in [0.05, 0.1) is 0 Å². The molecule has 2 aliphatic rings. The Balaban J connectivity index is 2.07. The lowest BCUT2D eigenvalue weighted by molar-refractivity contribution is 0.163. The molecule has 0 aromatic rings. The summed E-state index contributed by atoms with van der Waals surface area (Å²) >= 11 is 0. The van der Waals surface area contributed by atoms with Crippen molar-refractivity contribution in [2.45, 2.75) is 43.8 Å². The van der Waals surface area contributed by atoms with Gasteiger partial charge in [-0.05, 0) is 38.3 Å². The van der Waals surface area contributed by atoms with Gasteiger partial charge in [-0.15, -0.1) is 0 Å². The lowest BCUT2D eigenvalue weighted by atomic mass is 9.99. The van der Waals surface area contributed by atoms with Crippen molar-refractivity contribution in [1.82, 2.24) is 4.90 Å². The van der Waals surface area contributed by atoms with Crippen molar-refractivity contribution in [3.05, 3.63) is 10.4 Å². The first-order valence-electron chi connectivity index (χ1n) is 4.57. The fraction of sp³-hybridized carbons (Fsp3) is 1.00. The summed E-state index contributed by atoms with van der Waals surface area (Å²) in [6.45, 7) is 0. The van der Waals surface area contributed by atoms with E-state index in [2.05, 4.69) is 22.0 Å². The molecule has 2 fully saturated rings. The smallest absolute Gasteiger partial charge is 0.0403 e. The maximum atomic E-state index is 8.32. The van der Waals surface area contributed by atoms with Crippen LogP contribution in [0.15, 0.2) is 5.11 Å². The van der Waals surface area contributed by atoms with Gasteiger partial charge in [-0.25, -0.2) is 0 Å². The summed E-state index contributed by atoms with van der Waals surface area (Å²) in [6.07, 6.45) is 4.71. The Kier molecular flexibility index (Phi) is 1.95. The van der Waals surface area contributed by atoms with Crippen LogP contribution < -0.4 is 0 Å². The van der Waals surface area contributed by atoms with Crippen LogP contribution in [0, 0.1) is 0 Å². The molecule has 2 saturated heterocycles.